The predicted octanol–water partition coefficient (Wildman–Crippen LogP) is 4.60. The molecule has 0 radical (unpaired) electrons. The summed E-state index contributed by atoms with van der Waals surface area (Å²) in [4.78, 5) is 22.4. The van der Waals surface area contributed by atoms with Gasteiger partial charge in [0.1, 0.15) is 5.69 Å². The number of nitrogens with zero attached hydrogens (tertiary/aromatic N) is 4. The third-order valence-corrected chi connectivity index (χ3v) is 4.60. The molecule has 0 spiro atoms. The molecule has 28 heavy (non-hydrogen) atoms. The molecule has 0 atom stereocenters. The molecule has 5 nitrogen and oxygen atoms in total. The summed E-state index contributed by atoms with van der Waals surface area (Å²) in [6.07, 6.45) is 4.71. The first-order valence-corrected chi connectivity index (χ1v) is 8.64. The van der Waals surface area contributed by atoms with E-state index in [9.17, 15) is 13.6 Å². The third kappa shape index (κ3) is 3.20. The Morgan fingerprint density at radius 2 is 1.79 bits per heavy atom. The highest BCUT2D eigenvalue weighted by molar-refractivity contribution is 6.30. The highest BCUT2D eigenvalue weighted by Crippen LogP contribution is 2.23. The number of aromatic nitrogens is 3. The average Bonchev–Trinajstić information content (AvgIpc) is 3.12. The predicted molar refractivity (Wildman–Crippen MR) is 103 cm³/mol. The number of hydrogen-bond donors (Lipinski definition) is 0. The Balaban J connectivity index is 1.72. The summed E-state index contributed by atoms with van der Waals surface area (Å²) in [5, 5.41) is 0.614. The minimum absolute atomic E-state index is 0.132. The molecule has 0 aliphatic rings. The van der Waals surface area contributed by atoms with Gasteiger partial charge in [0.2, 0.25) is 0 Å². The number of carbonyl (C=O) groups excluding carboxylic acids is 1. The number of imidazole rings is 1. The lowest BCUT2D eigenvalue weighted by molar-refractivity contribution is 0.0988. The second-order valence-electron chi connectivity index (χ2n) is 6.11. The number of halogens is 3. The first-order valence-electron chi connectivity index (χ1n) is 8.26. The van der Waals surface area contributed by atoms with Gasteiger partial charge in [-0.05, 0) is 24.3 Å². The van der Waals surface area contributed by atoms with Gasteiger partial charge in [0, 0.05) is 35.6 Å². The molecule has 0 N–H and O–H groups in total. The zero-order valence-corrected chi connectivity index (χ0v) is 15.4. The summed E-state index contributed by atoms with van der Waals surface area (Å²) in [5.74, 6) is -2.47. The van der Waals surface area contributed by atoms with Crippen molar-refractivity contribution >= 4 is 28.8 Å². The molecule has 4 aromatic rings. The van der Waals surface area contributed by atoms with Crippen LogP contribution in [0.4, 0.5) is 14.5 Å². The molecule has 1 amide bonds. The molecule has 0 saturated carbocycles. The van der Waals surface area contributed by atoms with Crippen LogP contribution in [0.1, 0.15) is 10.5 Å². The highest BCUT2D eigenvalue weighted by atomic mass is 35.5. The lowest BCUT2D eigenvalue weighted by Gasteiger charge is -2.17. The first-order chi connectivity index (χ1) is 13.4. The van der Waals surface area contributed by atoms with E-state index in [4.69, 9.17) is 11.6 Å². The normalized spacial score (nSPS) is 11.0. The van der Waals surface area contributed by atoms with E-state index in [0.717, 1.165) is 23.4 Å². The lowest BCUT2D eigenvalue weighted by atomic mass is 10.2. The number of fused-ring (bicyclic) bond motifs is 1. The van der Waals surface area contributed by atoms with Gasteiger partial charge in [0.25, 0.3) is 5.91 Å². The van der Waals surface area contributed by atoms with Gasteiger partial charge in [-0.1, -0.05) is 23.7 Å². The van der Waals surface area contributed by atoms with Crippen LogP contribution in [0.5, 0.6) is 0 Å². The Bertz CT molecular complexity index is 1190. The second-order valence-corrected chi connectivity index (χ2v) is 6.55. The molecule has 0 saturated heterocycles. The van der Waals surface area contributed by atoms with Crippen molar-refractivity contribution in [3.8, 4) is 11.3 Å². The van der Waals surface area contributed by atoms with Gasteiger partial charge >= 0.3 is 0 Å². The van der Waals surface area contributed by atoms with Crippen LogP contribution in [0.15, 0.2) is 61.1 Å². The summed E-state index contributed by atoms with van der Waals surface area (Å²) in [6, 6.07) is 10.5. The van der Waals surface area contributed by atoms with Gasteiger partial charge < -0.3 is 4.90 Å². The molecular weight excluding hydrogens is 386 g/mol. The van der Waals surface area contributed by atoms with Gasteiger partial charge in [0.05, 0.1) is 18.1 Å². The highest BCUT2D eigenvalue weighted by Gasteiger charge is 2.18. The number of rotatable bonds is 3. The number of carbonyl (C=O) groups is 1. The molecule has 0 aliphatic heterocycles. The van der Waals surface area contributed by atoms with E-state index >= 15 is 0 Å². The van der Waals surface area contributed by atoms with Crippen LogP contribution in [0.3, 0.4) is 0 Å². The molecule has 8 heteroatoms. The van der Waals surface area contributed by atoms with E-state index < -0.39 is 17.5 Å². The smallest absolute Gasteiger partial charge is 0.278 e. The van der Waals surface area contributed by atoms with E-state index in [-0.39, 0.29) is 11.4 Å². The number of amides is 1. The topological polar surface area (TPSA) is 50.5 Å². The summed E-state index contributed by atoms with van der Waals surface area (Å²) < 4.78 is 28.4. The van der Waals surface area contributed by atoms with Gasteiger partial charge in [-0.15, -0.1) is 0 Å². The molecular formula is C20H13ClF2N4O. The van der Waals surface area contributed by atoms with Crippen molar-refractivity contribution in [2.75, 3.05) is 11.9 Å². The molecule has 2 aromatic heterocycles. The first kappa shape index (κ1) is 18.1. The number of benzene rings is 2. The zero-order chi connectivity index (χ0) is 19.8. The number of anilines is 1. The Hall–Kier alpha value is -3.32. The standard InChI is InChI=1S/C20H13ClF2N4O/c1-26(14-6-7-15(22)16(23)8-14)20(28)17-11-27-18(9-25-19(27)10-24-17)12-2-4-13(21)5-3-12/h2-11H,1H3. The van der Waals surface area contributed by atoms with E-state index in [1.54, 1.807) is 28.9 Å². The molecule has 2 aromatic carbocycles. The quantitative estimate of drug-likeness (QED) is 0.506. The van der Waals surface area contributed by atoms with E-state index in [0.29, 0.717) is 10.7 Å². The van der Waals surface area contributed by atoms with Gasteiger partial charge in [0.15, 0.2) is 17.3 Å². The van der Waals surface area contributed by atoms with Crippen molar-refractivity contribution in [3.63, 3.8) is 0 Å². The fraction of sp³-hybridized carbons (Fsp3) is 0.0500. The summed E-state index contributed by atoms with van der Waals surface area (Å²) in [7, 11) is 1.47. The van der Waals surface area contributed by atoms with Crippen molar-refractivity contribution in [1.29, 1.82) is 0 Å². The summed E-state index contributed by atoms with van der Waals surface area (Å²) in [6.45, 7) is 0. The van der Waals surface area contributed by atoms with Crippen LogP contribution in [0, 0.1) is 11.6 Å². The molecule has 0 unspecified atom stereocenters. The zero-order valence-electron chi connectivity index (χ0n) is 14.6. The summed E-state index contributed by atoms with van der Waals surface area (Å²) in [5.41, 5.74) is 2.55. The monoisotopic (exact) mass is 398 g/mol. The Kier molecular flexibility index (Phi) is 4.52. The van der Waals surface area contributed by atoms with Crippen LogP contribution in [0.25, 0.3) is 16.9 Å². The molecule has 0 bridgehead atoms. The summed E-state index contributed by atoms with van der Waals surface area (Å²) >= 11 is 5.94. The van der Waals surface area contributed by atoms with Gasteiger partial charge in [-0.3, -0.25) is 9.20 Å². The minimum Gasteiger partial charge on any atom is -0.310 e. The van der Waals surface area contributed by atoms with Crippen LogP contribution in [-0.4, -0.2) is 27.3 Å². The third-order valence-electron chi connectivity index (χ3n) is 4.35. The molecule has 4 rings (SSSR count). The lowest BCUT2D eigenvalue weighted by Crippen LogP contribution is -2.27. The van der Waals surface area contributed by atoms with E-state index in [2.05, 4.69) is 9.97 Å². The van der Waals surface area contributed by atoms with Crippen LogP contribution in [0.2, 0.25) is 5.02 Å². The SMILES string of the molecule is CN(C(=O)c1cn2c(-c3ccc(Cl)cc3)cnc2cn1)c1ccc(F)c(F)c1. The van der Waals surface area contributed by atoms with Crippen LogP contribution in [-0.2, 0) is 0 Å². The fourth-order valence-electron chi connectivity index (χ4n) is 2.82. The maximum atomic E-state index is 13.5. The van der Waals surface area contributed by atoms with Gasteiger partial charge in [-0.2, -0.15) is 0 Å². The van der Waals surface area contributed by atoms with Crippen molar-refractivity contribution in [1.82, 2.24) is 14.4 Å². The molecule has 2 heterocycles. The minimum atomic E-state index is -1.03. The van der Waals surface area contributed by atoms with Crippen LogP contribution < -0.4 is 4.90 Å². The van der Waals surface area contributed by atoms with Crippen molar-refractivity contribution < 1.29 is 13.6 Å². The molecule has 0 fully saturated rings. The van der Waals surface area contributed by atoms with E-state index in [1.807, 2.05) is 12.1 Å². The van der Waals surface area contributed by atoms with Crippen LogP contribution >= 0.6 is 11.6 Å². The largest absolute Gasteiger partial charge is 0.310 e. The molecule has 0 aliphatic carbocycles. The second kappa shape index (κ2) is 7.01. The van der Waals surface area contributed by atoms with Crippen molar-refractivity contribution in [2.24, 2.45) is 0 Å². The van der Waals surface area contributed by atoms with E-state index in [1.165, 1.54) is 24.2 Å². The Morgan fingerprint density at radius 3 is 2.50 bits per heavy atom. The molecule has 140 valence electrons. The average molecular weight is 399 g/mol. The number of hydrogen-bond acceptors (Lipinski definition) is 3. The van der Waals surface area contributed by atoms with Crippen molar-refractivity contribution in [2.45, 2.75) is 0 Å². The maximum Gasteiger partial charge on any atom is 0.278 e. The Morgan fingerprint density at radius 1 is 1.04 bits per heavy atom. The van der Waals surface area contributed by atoms with Gasteiger partial charge in [-0.25, -0.2) is 18.7 Å². The maximum absolute atomic E-state index is 13.5. The Labute approximate surface area is 163 Å². The van der Waals surface area contributed by atoms with Crippen molar-refractivity contribution in [3.05, 3.63) is 83.4 Å². The fourth-order valence-corrected chi connectivity index (χ4v) is 2.94.